The second kappa shape index (κ2) is 3.90. The first-order valence-electron chi connectivity index (χ1n) is 4.96. The fraction of sp³-hybridized carbons (Fsp3) is 0.364. The Morgan fingerprint density at radius 1 is 1.53 bits per heavy atom. The number of carbonyl (C=O) groups is 1. The summed E-state index contributed by atoms with van der Waals surface area (Å²) < 4.78 is 5.34. The molecule has 0 saturated carbocycles. The lowest BCUT2D eigenvalue weighted by atomic mass is 10.1. The molecule has 0 fully saturated rings. The van der Waals surface area contributed by atoms with Gasteiger partial charge >= 0.3 is 0 Å². The number of anilines is 1. The first-order valence-corrected chi connectivity index (χ1v) is 4.96. The summed E-state index contributed by atoms with van der Waals surface area (Å²) in [6.07, 6.45) is 0. The highest BCUT2D eigenvalue weighted by Gasteiger charge is 2.24. The zero-order valence-electron chi connectivity index (χ0n) is 8.69. The minimum absolute atomic E-state index is 0.0291. The molecule has 0 aromatic heterocycles. The number of nitrogens with zero attached hydrogens (tertiary/aromatic N) is 1. The summed E-state index contributed by atoms with van der Waals surface area (Å²) in [7, 11) is 0. The maximum absolute atomic E-state index is 11.6. The standard InChI is InChI=1S/C11H14N2O2/c1-8-2-3-10-9(6-8)13(5-4-12)11(14)7-15-10/h2-3,6H,4-5,7,12H2,1H3. The van der Waals surface area contributed by atoms with Crippen molar-refractivity contribution in [3.05, 3.63) is 23.8 Å². The Labute approximate surface area is 88.6 Å². The van der Waals surface area contributed by atoms with Gasteiger partial charge in [-0.05, 0) is 24.6 Å². The van der Waals surface area contributed by atoms with E-state index in [0.29, 0.717) is 13.1 Å². The van der Waals surface area contributed by atoms with Crippen molar-refractivity contribution in [1.29, 1.82) is 0 Å². The van der Waals surface area contributed by atoms with Crippen molar-refractivity contribution in [2.24, 2.45) is 5.73 Å². The molecular formula is C11H14N2O2. The number of hydrogen-bond donors (Lipinski definition) is 1. The van der Waals surface area contributed by atoms with E-state index in [1.807, 2.05) is 25.1 Å². The average Bonchev–Trinajstić information content (AvgIpc) is 2.23. The van der Waals surface area contributed by atoms with E-state index >= 15 is 0 Å². The van der Waals surface area contributed by atoms with Gasteiger partial charge in [-0.3, -0.25) is 4.79 Å². The first kappa shape index (κ1) is 9.98. The van der Waals surface area contributed by atoms with Crippen molar-refractivity contribution in [3.8, 4) is 5.75 Å². The zero-order valence-corrected chi connectivity index (χ0v) is 8.69. The number of benzene rings is 1. The third kappa shape index (κ3) is 1.80. The molecule has 0 radical (unpaired) electrons. The number of rotatable bonds is 2. The minimum atomic E-state index is -0.0291. The molecule has 1 aromatic carbocycles. The number of carbonyl (C=O) groups excluding carboxylic acids is 1. The maximum atomic E-state index is 11.6. The Kier molecular flexibility index (Phi) is 2.60. The summed E-state index contributed by atoms with van der Waals surface area (Å²) in [6.45, 7) is 3.09. The van der Waals surface area contributed by atoms with Gasteiger partial charge < -0.3 is 15.4 Å². The van der Waals surface area contributed by atoms with E-state index in [4.69, 9.17) is 10.5 Å². The molecular weight excluding hydrogens is 192 g/mol. The van der Waals surface area contributed by atoms with Crippen LogP contribution in [0.4, 0.5) is 5.69 Å². The van der Waals surface area contributed by atoms with Gasteiger partial charge in [0.25, 0.3) is 5.91 Å². The normalized spacial score (nSPS) is 14.8. The maximum Gasteiger partial charge on any atom is 0.265 e. The molecule has 0 aliphatic carbocycles. The Morgan fingerprint density at radius 2 is 2.33 bits per heavy atom. The molecule has 80 valence electrons. The number of amides is 1. The first-order chi connectivity index (χ1) is 7.22. The van der Waals surface area contributed by atoms with Gasteiger partial charge in [0, 0.05) is 13.1 Å². The van der Waals surface area contributed by atoms with Crippen LogP contribution in [0.3, 0.4) is 0 Å². The van der Waals surface area contributed by atoms with E-state index in [9.17, 15) is 4.79 Å². The summed E-state index contributed by atoms with van der Waals surface area (Å²) in [5.74, 6) is 0.729. The molecule has 2 rings (SSSR count). The van der Waals surface area contributed by atoms with Gasteiger partial charge in [0.2, 0.25) is 0 Å². The molecule has 4 nitrogen and oxygen atoms in total. The molecule has 1 aliphatic heterocycles. The van der Waals surface area contributed by atoms with Crippen molar-refractivity contribution in [2.75, 3.05) is 24.6 Å². The monoisotopic (exact) mass is 206 g/mol. The zero-order chi connectivity index (χ0) is 10.8. The predicted molar refractivity (Wildman–Crippen MR) is 58.1 cm³/mol. The van der Waals surface area contributed by atoms with Crippen LogP contribution in [0.5, 0.6) is 5.75 Å². The molecule has 2 N–H and O–H groups in total. The highest BCUT2D eigenvalue weighted by Crippen LogP contribution is 2.32. The number of hydrogen-bond acceptors (Lipinski definition) is 3. The Hall–Kier alpha value is -1.55. The van der Waals surface area contributed by atoms with Crippen molar-refractivity contribution < 1.29 is 9.53 Å². The number of ether oxygens (including phenoxy) is 1. The molecule has 0 spiro atoms. The van der Waals surface area contributed by atoms with Gasteiger partial charge in [-0.25, -0.2) is 0 Å². The Morgan fingerprint density at radius 3 is 3.07 bits per heavy atom. The van der Waals surface area contributed by atoms with Gasteiger partial charge in [0.1, 0.15) is 5.75 Å². The molecule has 1 heterocycles. The molecule has 15 heavy (non-hydrogen) atoms. The van der Waals surface area contributed by atoms with E-state index in [1.165, 1.54) is 0 Å². The second-order valence-corrected chi connectivity index (χ2v) is 3.59. The van der Waals surface area contributed by atoms with E-state index in [2.05, 4.69) is 0 Å². The fourth-order valence-electron chi connectivity index (χ4n) is 1.69. The smallest absolute Gasteiger partial charge is 0.265 e. The quantitative estimate of drug-likeness (QED) is 0.774. The van der Waals surface area contributed by atoms with Crippen LogP contribution in [0.2, 0.25) is 0 Å². The van der Waals surface area contributed by atoms with Gasteiger partial charge in [-0.1, -0.05) is 6.07 Å². The van der Waals surface area contributed by atoms with Gasteiger partial charge in [0.15, 0.2) is 6.61 Å². The lowest BCUT2D eigenvalue weighted by Crippen LogP contribution is -2.41. The molecule has 1 aromatic rings. The fourth-order valence-corrected chi connectivity index (χ4v) is 1.69. The average molecular weight is 206 g/mol. The third-order valence-corrected chi connectivity index (χ3v) is 2.41. The number of nitrogens with two attached hydrogens (primary N) is 1. The largest absolute Gasteiger partial charge is 0.482 e. The SMILES string of the molecule is Cc1ccc2c(c1)N(CCN)C(=O)CO2. The van der Waals surface area contributed by atoms with E-state index in [-0.39, 0.29) is 12.5 Å². The van der Waals surface area contributed by atoms with Crippen molar-refractivity contribution in [3.63, 3.8) is 0 Å². The topological polar surface area (TPSA) is 55.6 Å². The van der Waals surface area contributed by atoms with Crippen molar-refractivity contribution in [2.45, 2.75) is 6.92 Å². The molecule has 1 aliphatic rings. The summed E-state index contributed by atoms with van der Waals surface area (Å²) in [6, 6.07) is 5.80. The van der Waals surface area contributed by atoms with Gasteiger partial charge in [-0.15, -0.1) is 0 Å². The summed E-state index contributed by atoms with van der Waals surface area (Å²) in [4.78, 5) is 13.3. The Bertz CT molecular complexity index is 390. The molecule has 0 saturated heterocycles. The second-order valence-electron chi connectivity index (χ2n) is 3.59. The molecule has 0 unspecified atom stereocenters. The van der Waals surface area contributed by atoms with Crippen molar-refractivity contribution in [1.82, 2.24) is 0 Å². The van der Waals surface area contributed by atoms with Crippen LogP contribution in [-0.4, -0.2) is 25.6 Å². The summed E-state index contributed by atoms with van der Waals surface area (Å²) in [5.41, 5.74) is 7.42. The van der Waals surface area contributed by atoms with Gasteiger partial charge in [-0.2, -0.15) is 0 Å². The highest BCUT2D eigenvalue weighted by molar-refractivity contribution is 5.97. The molecule has 0 atom stereocenters. The van der Waals surface area contributed by atoms with E-state index < -0.39 is 0 Å². The third-order valence-electron chi connectivity index (χ3n) is 2.41. The van der Waals surface area contributed by atoms with Crippen molar-refractivity contribution >= 4 is 11.6 Å². The number of aryl methyl sites for hydroxylation is 1. The summed E-state index contributed by atoms with van der Waals surface area (Å²) in [5, 5.41) is 0. The minimum Gasteiger partial charge on any atom is -0.482 e. The van der Waals surface area contributed by atoms with Crippen LogP contribution in [-0.2, 0) is 4.79 Å². The summed E-state index contributed by atoms with van der Waals surface area (Å²) >= 11 is 0. The van der Waals surface area contributed by atoms with Crippen LogP contribution in [0.25, 0.3) is 0 Å². The van der Waals surface area contributed by atoms with Crippen LogP contribution < -0.4 is 15.4 Å². The van der Waals surface area contributed by atoms with Gasteiger partial charge in [0.05, 0.1) is 5.69 Å². The lowest BCUT2D eigenvalue weighted by molar-refractivity contribution is -0.121. The van der Waals surface area contributed by atoms with E-state index in [0.717, 1.165) is 17.0 Å². The number of fused-ring (bicyclic) bond motifs is 1. The molecule has 1 amide bonds. The molecule has 0 bridgehead atoms. The highest BCUT2D eigenvalue weighted by atomic mass is 16.5. The van der Waals surface area contributed by atoms with Crippen LogP contribution >= 0.6 is 0 Å². The molecule has 4 heteroatoms. The van der Waals surface area contributed by atoms with Crippen LogP contribution in [0.15, 0.2) is 18.2 Å². The van der Waals surface area contributed by atoms with Crippen LogP contribution in [0, 0.1) is 6.92 Å². The predicted octanol–water partition coefficient (Wildman–Crippen LogP) is 0.679. The Balaban J connectivity index is 2.41. The van der Waals surface area contributed by atoms with E-state index in [1.54, 1.807) is 4.90 Å². The lowest BCUT2D eigenvalue weighted by Gasteiger charge is -2.29. The van der Waals surface area contributed by atoms with Crippen LogP contribution in [0.1, 0.15) is 5.56 Å².